The topological polar surface area (TPSA) is 98.1 Å². The fourth-order valence-electron chi connectivity index (χ4n) is 3.06. The SMILES string of the molecule is C#Cn1ncc2cc(NS(=O)(=O)c3ccccc3S(C)(=O)=O)ccc21.c1cc2cc-2c1. The first-order chi connectivity index (χ1) is 14.7. The van der Waals surface area contributed by atoms with Crippen LogP contribution in [-0.2, 0) is 19.9 Å². The van der Waals surface area contributed by atoms with Crippen LogP contribution in [0.5, 0.6) is 0 Å². The minimum Gasteiger partial charge on any atom is -0.280 e. The number of rotatable bonds is 4. The summed E-state index contributed by atoms with van der Waals surface area (Å²) in [5.74, 6) is 0. The highest BCUT2D eigenvalue weighted by molar-refractivity contribution is 7.95. The van der Waals surface area contributed by atoms with Crippen molar-refractivity contribution in [1.29, 1.82) is 0 Å². The third-order valence-electron chi connectivity index (χ3n) is 4.59. The maximum Gasteiger partial charge on any atom is 0.263 e. The average molecular weight is 452 g/mol. The van der Waals surface area contributed by atoms with Crippen molar-refractivity contribution in [3.05, 3.63) is 72.9 Å². The number of hydrogen-bond acceptors (Lipinski definition) is 5. The number of benzene rings is 3. The van der Waals surface area contributed by atoms with Crippen molar-refractivity contribution in [2.24, 2.45) is 0 Å². The second kappa shape index (κ2) is 7.58. The van der Waals surface area contributed by atoms with E-state index in [1.54, 1.807) is 12.1 Å². The van der Waals surface area contributed by atoms with E-state index in [9.17, 15) is 16.8 Å². The summed E-state index contributed by atoms with van der Waals surface area (Å²) in [5, 5.41) is 4.63. The quantitative estimate of drug-likeness (QED) is 0.423. The predicted molar refractivity (Wildman–Crippen MR) is 120 cm³/mol. The van der Waals surface area contributed by atoms with E-state index < -0.39 is 19.9 Å². The van der Waals surface area contributed by atoms with Gasteiger partial charge in [-0.25, -0.2) is 16.8 Å². The Hall–Kier alpha value is -3.61. The van der Waals surface area contributed by atoms with E-state index >= 15 is 0 Å². The minimum atomic E-state index is -4.09. The standard InChI is InChI=1S/C16H13N3O4S2.C6H4/c1-3-19-14-9-8-13(10-12(14)11-17-19)18-25(22,23)16-7-5-4-6-15(16)24(2,20)21;1-2-5-4-6(5)3-1/h1,4-11,18H,2H3;1-4H. The fourth-order valence-corrected chi connectivity index (χ4v) is 5.74. The fraction of sp³-hybridized carbons (Fsp3) is 0.0455. The second-order valence-electron chi connectivity index (χ2n) is 6.86. The van der Waals surface area contributed by atoms with Gasteiger partial charge in [0.1, 0.15) is 4.90 Å². The number of anilines is 1. The van der Waals surface area contributed by atoms with E-state index in [-0.39, 0.29) is 15.5 Å². The van der Waals surface area contributed by atoms with Crippen LogP contribution in [0.15, 0.2) is 82.7 Å². The Morgan fingerprint density at radius 2 is 1.58 bits per heavy atom. The van der Waals surface area contributed by atoms with Crippen LogP contribution >= 0.6 is 0 Å². The molecule has 5 rings (SSSR count). The summed E-state index contributed by atoms with van der Waals surface area (Å²) in [5.41, 5.74) is 3.78. The van der Waals surface area contributed by atoms with Crippen LogP contribution in [-0.4, -0.2) is 32.9 Å². The van der Waals surface area contributed by atoms with Crippen molar-refractivity contribution in [2.45, 2.75) is 9.79 Å². The summed E-state index contributed by atoms with van der Waals surface area (Å²) in [6.07, 6.45) is 7.79. The average Bonchev–Trinajstić information content (AvgIpc) is 3.13. The third-order valence-corrected chi connectivity index (χ3v) is 7.32. The van der Waals surface area contributed by atoms with Crippen molar-refractivity contribution in [1.82, 2.24) is 9.78 Å². The first-order valence-corrected chi connectivity index (χ1v) is 12.4. The number of aromatic nitrogens is 2. The number of nitrogens with one attached hydrogen (secondary N) is 1. The lowest BCUT2D eigenvalue weighted by Gasteiger charge is -2.11. The molecule has 9 heteroatoms. The van der Waals surface area contributed by atoms with Gasteiger partial charge in [0.05, 0.1) is 16.6 Å². The van der Waals surface area contributed by atoms with E-state index in [4.69, 9.17) is 6.42 Å². The number of sulfonamides is 1. The molecule has 0 radical (unpaired) electrons. The Morgan fingerprint density at radius 1 is 0.903 bits per heavy atom. The van der Waals surface area contributed by atoms with Crippen molar-refractivity contribution >= 4 is 36.5 Å². The first kappa shape index (κ1) is 20.7. The van der Waals surface area contributed by atoms with Crippen molar-refractivity contribution in [3.63, 3.8) is 0 Å². The molecule has 0 unspecified atom stereocenters. The molecular weight excluding hydrogens is 434 g/mol. The molecule has 1 N–H and O–H groups in total. The zero-order chi connectivity index (χ0) is 22.2. The van der Waals surface area contributed by atoms with E-state index in [1.807, 2.05) is 0 Å². The smallest absolute Gasteiger partial charge is 0.263 e. The zero-order valence-electron chi connectivity index (χ0n) is 16.3. The molecule has 0 saturated heterocycles. The lowest BCUT2D eigenvalue weighted by Crippen LogP contribution is -2.16. The number of terminal acetylenes is 1. The molecule has 2 aliphatic rings. The Labute approximate surface area is 180 Å². The molecule has 3 aromatic rings. The van der Waals surface area contributed by atoms with Gasteiger partial charge in [-0.15, -0.1) is 0 Å². The molecule has 1 aromatic heterocycles. The molecule has 0 atom stereocenters. The Bertz CT molecular complexity index is 1550. The number of hydrogen-bond donors (Lipinski definition) is 1. The number of sulfone groups is 1. The van der Waals surface area contributed by atoms with Gasteiger partial charge in [-0.05, 0) is 47.5 Å². The van der Waals surface area contributed by atoms with Crippen molar-refractivity contribution < 1.29 is 16.8 Å². The van der Waals surface area contributed by atoms with Crippen molar-refractivity contribution in [3.8, 4) is 23.6 Å². The van der Waals surface area contributed by atoms with E-state index in [1.165, 1.54) is 52.3 Å². The summed E-state index contributed by atoms with van der Waals surface area (Å²) < 4.78 is 52.7. The molecule has 7 nitrogen and oxygen atoms in total. The predicted octanol–water partition coefficient (Wildman–Crippen LogP) is 3.35. The molecule has 2 aliphatic carbocycles. The van der Waals surface area contributed by atoms with E-state index in [2.05, 4.69) is 40.1 Å². The highest BCUT2D eigenvalue weighted by Gasteiger charge is 2.23. The van der Waals surface area contributed by atoms with Gasteiger partial charge in [-0.1, -0.05) is 36.8 Å². The van der Waals surface area contributed by atoms with Gasteiger partial charge in [0, 0.05) is 23.4 Å². The molecule has 156 valence electrons. The third kappa shape index (κ3) is 4.30. The van der Waals surface area contributed by atoms with Crippen LogP contribution in [0.3, 0.4) is 0 Å². The largest absolute Gasteiger partial charge is 0.280 e. The van der Waals surface area contributed by atoms with Gasteiger partial charge in [0.2, 0.25) is 0 Å². The van der Waals surface area contributed by atoms with Crippen LogP contribution in [0.4, 0.5) is 5.69 Å². The first-order valence-electron chi connectivity index (χ1n) is 9.06. The lowest BCUT2D eigenvalue weighted by molar-refractivity contribution is 0.588. The van der Waals surface area contributed by atoms with Gasteiger partial charge in [-0.3, -0.25) is 4.72 Å². The summed E-state index contributed by atoms with van der Waals surface area (Å²) in [7, 11) is -7.79. The molecule has 31 heavy (non-hydrogen) atoms. The zero-order valence-corrected chi connectivity index (χ0v) is 18.0. The van der Waals surface area contributed by atoms with Gasteiger partial charge in [-0.2, -0.15) is 9.78 Å². The van der Waals surface area contributed by atoms with Crippen LogP contribution in [0.2, 0.25) is 0 Å². The van der Waals surface area contributed by atoms with Gasteiger partial charge in [0.25, 0.3) is 10.0 Å². The lowest BCUT2D eigenvalue weighted by atomic mass is 10.2. The van der Waals surface area contributed by atoms with Gasteiger partial charge in [0.15, 0.2) is 9.84 Å². The Kier molecular flexibility index (Phi) is 5.05. The molecule has 0 bridgehead atoms. The molecular formula is C22H17N3O4S2. The van der Waals surface area contributed by atoms with Gasteiger partial charge >= 0.3 is 0 Å². The van der Waals surface area contributed by atoms with Crippen LogP contribution in [0, 0.1) is 12.5 Å². The van der Waals surface area contributed by atoms with Crippen LogP contribution in [0.1, 0.15) is 0 Å². The summed E-state index contributed by atoms with van der Waals surface area (Å²) >= 11 is 0. The van der Waals surface area contributed by atoms with E-state index in [0.29, 0.717) is 10.9 Å². The monoisotopic (exact) mass is 451 g/mol. The van der Waals surface area contributed by atoms with Crippen LogP contribution in [0.25, 0.3) is 22.0 Å². The summed E-state index contributed by atoms with van der Waals surface area (Å²) in [6, 6.07) is 21.0. The molecule has 0 saturated carbocycles. The van der Waals surface area contributed by atoms with Crippen molar-refractivity contribution in [2.75, 3.05) is 11.0 Å². The number of nitrogens with zero attached hydrogens (tertiary/aromatic N) is 2. The molecule has 2 aromatic carbocycles. The Morgan fingerprint density at radius 3 is 2.13 bits per heavy atom. The highest BCUT2D eigenvalue weighted by Crippen LogP contribution is 2.32. The highest BCUT2D eigenvalue weighted by atomic mass is 32.2. The van der Waals surface area contributed by atoms with E-state index in [0.717, 1.165) is 6.26 Å². The molecule has 1 heterocycles. The summed E-state index contributed by atoms with van der Waals surface area (Å²) in [4.78, 5) is -0.569. The Balaban J connectivity index is 0.000000325. The normalized spacial score (nSPS) is 11.9. The maximum atomic E-state index is 12.6. The molecule has 0 spiro atoms. The second-order valence-corrected chi connectivity index (χ2v) is 10.5. The molecule has 0 amide bonds. The molecule has 0 fully saturated rings. The molecule has 0 aliphatic heterocycles. The number of fused-ring (bicyclic) bond motifs is 2. The van der Waals surface area contributed by atoms with Gasteiger partial charge < -0.3 is 0 Å². The maximum absolute atomic E-state index is 12.6. The van der Waals surface area contributed by atoms with Crippen LogP contribution < -0.4 is 4.72 Å². The summed E-state index contributed by atoms with van der Waals surface area (Å²) in [6.45, 7) is 0. The minimum absolute atomic E-state index is 0.260.